The number of nitrogens with one attached hydrogen (secondary N) is 1. The summed E-state index contributed by atoms with van der Waals surface area (Å²) in [5.41, 5.74) is 0.687. The lowest BCUT2D eigenvalue weighted by atomic mass is 9.95. The highest BCUT2D eigenvalue weighted by Gasteiger charge is 2.30. The van der Waals surface area contributed by atoms with Crippen molar-refractivity contribution in [2.75, 3.05) is 20.3 Å². The van der Waals surface area contributed by atoms with Gasteiger partial charge in [-0.2, -0.15) is 0 Å². The van der Waals surface area contributed by atoms with Gasteiger partial charge in [-0.3, -0.25) is 4.79 Å². The van der Waals surface area contributed by atoms with Crippen LogP contribution in [0.25, 0.3) is 0 Å². The molecule has 1 fully saturated rings. The van der Waals surface area contributed by atoms with Crippen molar-refractivity contribution in [1.82, 2.24) is 10.3 Å². The normalized spacial score (nSPS) is 21.9. The predicted molar refractivity (Wildman–Crippen MR) is 108 cm³/mol. The minimum atomic E-state index is -1.06. The van der Waals surface area contributed by atoms with Crippen LogP contribution in [-0.4, -0.2) is 54.4 Å². The molecule has 0 bridgehead atoms. The molecule has 166 valence electrons. The molecule has 31 heavy (non-hydrogen) atoms. The Morgan fingerprint density at radius 3 is 2.74 bits per heavy atom. The van der Waals surface area contributed by atoms with Crippen molar-refractivity contribution < 1.29 is 33.3 Å². The Morgan fingerprint density at radius 1 is 1.29 bits per heavy atom. The maximum absolute atomic E-state index is 13.1. The van der Waals surface area contributed by atoms with Crippen LogP contribution in [0, 0.1) is 11.7 Å². The van der Waals surface area contributed by atoms with Crippen molar-refractivity contribution in [3.05, 3.63) is 53.6 Å². The summed E-state index contributed by atoms with van der Waals surface area (Å²) in [7, 11) is 1.35. The van der Waals surface area contributed by atoms with Gasteiger partial charge in [-0.25, -0.2) is 14.2 Å². The molecule has 2 aromatic rings. The van der Waals surface area contributed by atoms with Gasteiger partial charge in [0.2, 0.25) is 0 Å². The molecule has 1 amide bonds. The van der Waals surface area contributed by atoms with Crippen LogP contribution < -0.4 is 10.1 Å². The van der Waals surface area contributed by atoms with E-state index in [1.807, 2.05) is 0 Å². The van der Waals surface area contributed by atoms with Crippen LogP contribution >= 0.6 is 0 Å². The predicted octanol–water partition coefficient (Wildman–Crippen LogP) is 2.24. The van der Waals surface area contributed by atoms with Crippen LogP contribution in [0.1, 0.15) is 29.4 Å². The molecule has 8 nitrogen and oxygen atoms in total. The van der Waals surface area contributed by atoms with E-state index in [9.17, 15) is 19.1 Å². The van der Waals surface area contributed by atoms with E-state index >= 15 is 0 Å². The largest absolute Gasteiger partial charge is 0.503 e. The molecule has 2 heterocycles. The Balaban J connectivity index is 1.66. The van der Waals surface area contributed by atoms with Crippen molar-refractivity contribution in [2.45, 2.75) is 31.9 Å². The molecular formula is C22H25FN2O6. The van der Waals surface area contributed by atoms with E-state index in [2.05, 4.69) is 10.3 Å². The monoisotopic (exact) mass is 432 g/mol. The Morgan fingerprint density at radius 2 is 2.03 bits per heavy atom. The first-order valence-corrected chi connectivity index (χ1v) is 9.93. The molecule has 0 spiro atoms. The molecule has 0 unspecified atom stereocenters. The first-order chi connectivity index (χ1) is 14.9. The van der Waals surface area contributed by atoms with Crippen LogP contribution in [0.2, 0.25) is 0 Å². The quantitative estimate of drug-likeness (QED) is 0.698. The van der Waals surface area contributed by atoms with Crippen molar-refractivity contribution >= 4 is 11.9 Å². The number of carbonyl (C=O) groups is 2. The summed E-state index contributed by atoms with van der Waals surface area (Å²) in [6.45, 7) is 2.02. The van der Waals surface area contributed by atoms with Crippen molar-refractivity contribution in [3.8, 4) is 11.5 Å². The second kappa shape index (κ2) is 10.2. The number of hydrogen-bond donors (Lipinski definition) is 2. The van der Waals surface area contributed by atoms with Gasteiger partial charge in [0, 0.05) is 18.9 Å². The Labute approximate surface area is 179 Å². The minimum Gasteiger partial charge on any atom is -0.503 e. The van der Waals surface area contributed by atoms with E-state index in [-0.39, 0.29) is 29.8 Å². The molecule has 1 aliphatic heterocycles. The molecule has 9 heteroatoms. The smallest absolute Gasteiger partial charge is 0.331 e. The topological polar surface area (TPSA) is 107 Å². The Bertz CT molecular complexity index is 921. The molecule has 1 aromatic heterocycles. The molecule has 1 aromatic carbocycles. The minimum absolute atomic E-state index is 0.0480. The number of amides is 1. The lowest BCUT2D eigenvalue weighted by Gasteiger charge is -2.20. The number of cyclic esters (lactones) is 1. The summed E-state index contributed by atoms with van der Waals surface area (Å²) in [6.07, 6.45) is 2.11. The third-order valence-corrected chi connectivity index (χ3v) is 4.97. The summed E-state index contributed by atoms with van der Waals surface area (Å²) < 4.78 is 29.3. The number of aromatic hydroxyl groups is 1. The highest BCUT2D eigenvalue weighted by Crippen LogP contribution is 2.27. The summed E-state index contributed by atoms with van der Waals surface area (Å²) in [4.78, 5) is 29.0. The number of carbonyl (C=O) groups excluding carboxylic acids is 2. The van der Waals surface area contributed by atoms with Crippen LogP contribution in [0.15, 0.2) is 36.5 Å². The van der Waals surface area contributed by atoms with Crippen LogP contribution in [0.5, 0.6) is 11.5 Å². The molecule has 2 N–H and O–H groups in total. The fourth-order valence-corrected chi connectivity index (χ4v) is 3.48. The van der Waals surface area contributed by atoms with Gasteiger partial charge in [0.15, 0.2) is 23.2 Å². The summed E-state index contributed by atoms with van der Waals surface area (Å²) >= 11 is 0. The second-order valence-electron chi connectivity index (χ2n) is 7.45. The van der Waals surface area contributed by atoms with Gasteiger partial charge in [0.05, 0.1) is 19.8 Å². The van der Waals surface area contributed by atoms with Crippen molar-refractivity contribution in [1.29, 1.82) is 0 Å². The molecule has 1 saturated heterocycles. The van der Waals surface area contributed by atoms with E-state index in [0.29, 0.717) is 19.4 Å². The van der Waals surface area contributed by atoms with Gasteiger partial charge >= 0.3 is 5.97 Å². The number of methoxy groups -OCH3 is 1. The van der Waals surface area contributed by atoms with Crippen molar-refractivity contribution in [3.63, 3.8) is 0 Å². The van der Waals surface area contributed by atoms with Gasteiger partial charge in [-0.15, -0.1) is 0 Å². The second-order valence-corrected chi connectivity index (χ2v) is 7.45. The number of halogens is 1. The number of aromatic nitrogens is 1. The van der Waals surface area contributed by atoms with Gasteiger partial charge in [-0.05, 0) is 43.4 Å². The molecular weight excluding hydrogens is 407 g/mol. The van der Waals surface area contributed by atoms with E-state index < -0.39 is 29.8 Å². The average molecular weight is 432 g/mol. The third kappa shape index (κ3) is 5.91. The highest BCUT2D eigenvalue weighted by molar-refractivity contribution is 5.98. The van der Waals surface area contributed by atoms with E-state index in [0.717, 1.165) is 5.56 Å². The van der Waals surface area contributed by atoms with E-state index in [4.69, 9.17) is 14.2 Å². The maximum atomic E-state index is 13.1. The fraction of sp³-hybridized carbons (Fsp3) is 0.409. The number of pyridine rings is 1. The zero-order valence-electron chi connectivity index (χ0n) is 17.3. The summed E-state index contributed by atoms with van der Waals surface area (Å²) in [5, 5.41) is 12.6. The standard InChI is InChI=1S/C22H25FN2O6/c1-13-9-15(10-14-3-5-16(23)6-4-14)11-30-12-17(22(28)31-13)25-21(27)19-20(26)18(29-2)7-8-24-19/h3-8,13,15,17,26H,9-12H2,1-2H3,(H,25,27)/t13-,15-,17-/m0/s1. The fourth-order valence-electron chi connectivity index (χ4n) is 3.48. The van der Waals surface area contributed by atoms with Gasteiger partial charge in [-0.1, -0.05) is 12.1 Å². The molecule has 1 aliphatic rings. The average Bonchev–Trinajstić information content (AvgIpc) is 2.79. The summed E-state index contributed by atoms with van der Waals surface area (Å²) in [6, 6.07) is 6.59. The number of benzene rings is 1. The zero-order valence-corrected chi connectivity index (χ0v) is 17.3. The lowest BCUT2D eigenvalue weighted by molar-refractivity contribution is -0.151. The lowest BCUT2D eigenvalue weighted by Crippen LogP contribution is -2.45. The summed E-state index contributed by atoms with van der Waals surface area (Å²) in [5.74, 6) is -1.97. The first kappa shape index (κ1) is 22.5. The number of rotatable bonds is 5. The van der Waals surface area contributed by atoms with E-state index in [1.165, 1.54) is 31.5 Å². The Hall–Kier alpha value is -3.20. The van der Waals surface area contributed by atoms with Crippen LogP contribution in [0.3, 0.4) is 0 Å². The number of nitrogens with zero attached hydrogens (tertiary/aromatic N) is 1. The van der Waals surface area contributed by atoms with Crippen LogP contribution in [-0.2, 0) is 20.7 Å². The number of ether oxygens (including phenoxy) is 3. The van der Waals surface area contributed by atoms with Gasteiger partial charge < -0.3 is 24.6 Å². The molecule has 3 atom stereocenters. The Kier molecular flexibility index (Phi) is 7.41. The van der Waals surface area contributed by atoms with Gasteiger partial charge in [0.25, 0.3) is 5.91 Å². The van der Waals surface area contributed by atoms with E-state index in [1.54, 1.807) is 19.1 Å². The highest BCUT2D eigenvalue weighted by atomic mass is 19.1. The SMILES string of the molecule is COc1ccnc(C(=O)N[C@H]2COC[C@H](Cc3ccc(F)cc3)C[C@H](C)OC2=O)c1O. The van der Waals surface area contributed by atoms with Gasteiger partial charge in [0.1, 0.15) is 5.82 Å². The maximum Gasteiger partial charge on any atom is 0.331 e. The third-order valence-electron chi connectivity index (χ3n) is 4.97. The molecule has 3 rings (SSSR count). The molecule has 0 radical (unpaired) electrons. The first-order valence-electron chi connectivity index (χ1n) is 9.93. The molecule has 0 saturated carbocycles. The molecule has 0 aliphatic carbocycles. The zero-order chi connectivity index (χ0) is 22.4. The van der Waals surface area contributed by atoms with Crippen molar-refractivity contribution in [2.24, 2.45) is 5.92 Å². The number of esters is 1. The number of hydrogen-bond acceptors (Lipinski definition) is 7. The van der Waals surface area contributed by atoms with Crippen LogP contribution in [0.4, 0.5) is 4.39 Å².